The van der Waals surface area contributed by atoms with Crippen LogP contribution in [0.5, 0.6) is 0 Å². The van der Waals surface area contributed by atoms with Gasteiger partial charge in [-0.2, -0.15) is 0 Å². The van der Waals surface area contributed by atoms with Crippen molar-refractivity contribution in [3.63, 3.8) is 0 Å². The molecule has 3 rings (SSSR count). The molecule has 3 N–H and O–H groups in total. The quantitative estimate of drug-likeness (QED) is 0.656. The van der Waals surface area contributed by atoms with Crippen molar-refractivity contribution in [2.24, 2.45) is 5.73 Å². The first-order chi connectivity index (χ1) is 10.4. The number of hydrogen-bond acceptors (Lipinski definition) is 3. The number of ether oxygens (including phenoxy) is 1. The fourth-order valence-corrected chi connectivity index (χ4v) is 3.00. The molecule has 0 atom stereocenters. The first kappa shape index (κ1) is 15.3. The van der Waals surface area contributed by atoms with Crippen LogP contribution in [0.2, 0.25) is 10.0 Å². The van der Waals surface area contributed by atoms with Crippen LogP contribution in [-0.4, -0.2) is 16.1 Å². The number of carbonyl (C=O) groups is 1. The summed E-state index contributed by atoms with van der Waals surface area (Å²) in [4.78, 5) is 18.0. The number of benzene rings is 1. The van der Waals surface area contributed by atoms with Crippen LogP contribution >= 0.6 is 39.1 Å². The zero-order valence-corrected chi connectivity index (χ0v) is 13.8. The van der Waals surface area contributed by atoms with Gasteiger partial charge in [0.2, 0.25) is 0 Å². The number of nitrogens with two attached hydrogens (primary N) is 1. The molecule has 1 amide bonds. The smallest absolute Gasteiger partial charge is 0.404 e. The monoisotopic (exact) mass is 405 g/mol. The van der Waals surface area contributed by atoms with E-state index in [-0.39, 0.29) is 11.6 Å². The van der Waals surface area contributed by atoms with Crippen molar-refractivity contribution < 1.29 is 13.9 Å². The zero-order valence-electron chi connectivity index (χ0n) is 10.7. The first-order valence-corrected chi connectivity index (χ1v) is 7.49. The molecule has 0 unspecified atom stereocenters. The van der Waals surface area contributed by atoms with E-state index in [0.29, 0.717) is 37.0 Å². The largest absolute Gasteiger partial charge is 0.445 e. The van der Waals surface area contributed by atoms with Gasteiger partial charge < -0.3 is 15.5 Å². The molecule has 22 heavy (non-hydrogen) atoms. The molecule has 9 heteroatoms. The van der Waals surface area contributed by atoms with Gasteiger partial charge in [-0.15, -0.1) is 0 Å². The summed E-state index contributed by atoms with van der Waals surface area (Å²) in [5.74, 6) is -0.658. The summed E-state index contributed by atoms with van der Waals surface area (Å²) in [7, 11) is 0. The van der Waals surface area contributed by atoms with E-state index in [9.17, 15) is 9.18 Å². The third-order valence-corrected chi connectivity index (χ3v) is 4.73. The summed E-state index contributed by atoms with van der Waals surface area (Å²) >= 11 is 15.6. The molecule has 0 bridgehead atoms. The zero-order chi connectivity index (χ0) is 16.0. The van der Waals surface area contributed by atoms with Crippen molar-refractivity contribution in [1.82, 2.24) is 9.97 Å². The molecule has 0 fully saturated rings. The Labute approximate surface area is 141 Å². The fourth-order valence-electron chi connectivity index (χ4n) is 2.23. The van der Waals surface area contributed by atoms with Crippen LogP contribution in [0.3, 0.4) is 0 Å². The van der Waals surface area contributed by atoms with Crippen molar-refractivity contribution in [2.75, 3.05) is 0 Å². The Morgan fingerprint density at radius 3 is 2.82 bits per heavy atom. The molecule has 114 valence electrons. The maximum atomic E-state index is 14.1. The van der Waals surface area contributed by atoms with Crippen molar-refractivity contribution in [3.8, 4) is 0 Å². The van der Waals surface area contributed by atoms with Crippen LogP contribution in [0.4, 0.5) is 9.18 Å². The predicted molar refractivity (Wildman–Crippen MR) is 85.7 cm³/mol. The molecule has 5 nitrogen and oxygen atoms in total. The van der Waals surface area contributed by atoms with Gasteiger partial charge in [0.05, 0.1) is 20.0 Å². The van der Waals surface area contributed by atoms with Gasteiger partial charge in [-0.05, 0) is 22.0 Å². The number of nitrogens with zero attached hydrogens (tertiary/aromatic N) is 1. The number of rotatable bonds is 2. The van der Waals surface area contributed by atoms with Crippen molar-refractivity contribution >= 4 is 67.2 Å². The summed E-state index contributed by atoms with van der Waals surface area (Å²) in [5, 5.41) is 1.12. The van der Waals surface area contributed by atoms with E-state index >= 15 is 0 Å². The second kappa shape index (κ2) is 5.57. The summed E-state index contributed by atoms with van der Waals surface area (Å²) in [6, 6.07) is 1.17. The molecular formula is C13H7BrCl2FN3O2. The second-order valence-electron chi connectivity index (χ2n) is 4.46. The number of aromatic amines is 1. The number of halogens is 4. The van der Waals surface area contributed by atoms with Crippen LogP contribution in [0.1, 0.15) is 5.56 Å². The Hall–Kier alpha value is -1.57. The van der Waals surface area contributed by atoms with E-state index in [1.54, 1.807) is 0 Å². The Morgan fingerprint density at radius 1 is 1.41 bits per heavy atom. The minimum atomic E-state index is -0.960. The maximum absolute atomic E-state index is 14.1. The molecule has 0 aliphatic heterocycles. The molecule has 2 aromatic heterocycles. The minimum Gasteiger partial charge on any atom is -0.445 e. The van der Waals surface area contributed by atoms with Gasteiger partial charge in [-0.25, -0.2) is 14.2 Å². The van der Waals surface area contributed by atoms with E-state index in [1.807, 2.05) is 0 Å². The second-order valence-corrected chi connectivity index (χ2v) is 6.07. The van der Waals surface area contributed by atoms with E-state index in [2.05, 4.69) is 25.9 Å². The normalized spacial score (nSPS) is 11.3. The number of aromatic nitrogens is 2. The third kappa shape index (κ3) is 2.39. The Bertz CT molecular complexity index is 929. The molecule has 0 aliphatic rings. The number of fused-ring (bicyclic) bond motifs is 3. The highest BCUT2D eigenvalue weighted by Crippen LogP contribution is 2.40. The highest BCUT2D eigenvalue weighted by Gasteiger charge is 2.20. The molecule has 2 heterocycles. The highest BCUT2D eigenvalue weighted by molar-refractivity contribution is 9.10. The lowest BCUT2D eigenvalue weighted by atomic mass is 10.1. The summed E-state index contributed by atoms with van der Waals surface area (Å²) in [6.07, 6.45) is 0.558. The first-order valence-electron chi connectivity index (χ1n) is 5.94. The van der Waals surface area contributed by atoms with E-state index in [1.165, 1.54) is 12.3 Å². The van der Waals surface area contributed by atoms with Gasteiger partial charge in [0.15, 0.2) is 0 Å². The van der Waals surface area contributed by atoms with Gasteiger partial charge in [0.25, 0.3) is 0 Å². The van der Waals surface area contributed by atoms with Crippen LogP contribution in [0.25, 0.3) is 21.9 Å². The summed E-state index contributed by atoms with van der Waals surface area (Å²) < 4.78 is 19.4. The van der Waals surface area contributed by atoms with Crippen LogP contribution in [0.15, 0.2) is 16.7 Å². The lowest BCUT2D eigenvalue weighted by molar-refractivity contribution is 0.150. The fraction of sp³-hybridized carbons (Fsp3) is 0.0769. The molecule has 0 spiro atoms. The number of amides is 1. The van der Waals surface area contributed by atoms with Gasteiger partial charge >= 0.3 is 6.09 Å². The lowest BCUT2D eigenvalue weighted by Crippen LogP contribution is -2.12. The average Bonchev–Trinajstić information content (AvgIpc) is 2.85. The van der Waals surface area contributed by atoms with Gasteiger partial charge in [0, 0.05) is 22.5 Å². The van der Waals surface area contributed by atoms with Gasteiger partial charge in [0.1, 0.15) is 18.1 Å². The average molecular weight is 407 g/mol. The lowest BCUT2D eigenvalue weighted by Gasteiger charge is -2.06. The maximum Gasteiger partial charge on any atom is 0.404 e. The Morgan fingerprint density at radius 2 is 2.14 bits per heavy atom. The number of nitrogens with one attached hydrogen (secondary N) is 1. The van der Waals surface area contributed by atoms with Crippen molar-refractivity contribution in [3.05, 3.63) is 38.2 Å². The minimum absolute atomic E-state index is 0.0918. The molecule has 1 aromatic carbocycles. The standard InChI is InChI=1S/C13H7BrCl2FN3O2/c14-5-2-19-12-8(9(5)15)7-10(16)6(17)1-4(11(7)20-12)3-22-13(18)21/h1-2H,3H2,(H2,18,21)(H,19,20). The number of carbonyl (C=O) groups excluding carboxylic acids is 1. The van der Waals surface area contributed by atoms with Crippen LogP contribution < -0.4 is 5.73 Å². The van der Waals surface area contributed by atoms with Crippen LogP contribution in [0, 0.1) is 5.82 Å². The molecule has 0 radical (unpaired) electrons. The highest BCUT2D eigenvalue weighted by atomic mass is 79.9. The Kier molecular flexibility index (Phi) is 3.88. The molecule has 3 aromatic rings. The van der Waals surface area contributed by atoms with Crippen molar-refractivity contribution in [2.45, 2.75) is 6.61 Å². The van der Waals surface area contributed by atoms with E-state index < -0.39 is 11.9 Å². The molecule has 0 aliphatic carbocycles. The van der Waals surface area contributed by atoms with E-state index in [4.69, 9.17) is 33.7 Å². The SMILES string of the molecule is NC(=O)OCc1cc(F)c(Cl)c2c1[nH]c1ncc(Br)c(Cl)c12. The number of primary amides is 1. The number of hydrogen-bond donors (Lipinski definition) is 2. The van der Waals surface area contributed by atoms with Crippen LogP contribution in [-0.2, 0) is 11.3 Å². The van der Waals surface area contributed by atoms with Crippen molar-refractivity contribution in [1.29, 1.82) is 0 Å². The van der Waals surface area contributed by atoms with Gasteiger partial charge in [-0.3, -0.25) is 0 Å². The summed E-state index contributed by atoms with van der Waals surface area (Å²) in [5.41, 5.74) is 6.24. The van der Waals surface area contributed by atoms with Gasteiger partial charge in [-0.1, -0.05) is 23.2 Å². The predicted octanol–water partition coefficient (Wildman–Crippen LogP) is 4.52. The Balaban J connectivity index is 2.38. The summed E-state index contributed by atoms with van der Waals surface area (Å²) in [6.45, 7) is -0.203. The molecule has 0 saturated carbocycles. The topological polar surface area (TPSA) is 81.0 Å². The van der Waals surface area contributed by atoms with E-state index in [0.717, 1.165) is 0 Å². The third-order valence-electron chi connectivity index (χ3n) is 3.14. The number of pyridine rings is 1. The molecular weight excluding hydrogens is 400 g/mol. The number of H-pyrrole nitrogens is 1. The molecule has 0 saturated heterocycles.